The van der Waals surface area contributed by atoms with Crippen molar-refractivity contribution in [2.75, 3.05) is 0 Å². The van der Waals surface area contributed by atoms with Gasteiger partial charge in [0.1, 0.15) is 0 Å². The molecule has 0 spiro atoms. The summed E-state index contributed by atoms with van der Waals surface area (Å²) in [5, 5.41) is 3.69. The summed E-state index contributed by atoms with van der Waals surface area (Å²) in [6.45, 7) is 10.8. The van der Waals surface area contributed by atoms with Gasteiger partial charge in [-0.2, -0.15) is 0 Å². The highest BCUT2D eigenvalue weighted by atomic mass is 15.1. The van der Waals surface area contributed by atoms with Gasteiger partial charge >= 0.3 is 0 Å². The third-order valence-electron chi connectivity index (χ3n) is 3.63. The Hall–Kier alpha value is -1.61. The van der Waals surface area contributed by atoms with E-state index in [4.69, 9.17) is 0 Å². The van der Waals surface area contributed by atoms with E-state index >= 15 is 0 Å². The van der Waals surface area contributed by atoms with Crippen LogP contribution < -0.4 is 5.32 Å². The number of imidazole rings is 1. The third kappa shape index (κ3) is 4.20. The van der Waals surface area contributed by atoms with Crippen molar-refractivity contribution in [1.82, 2.24) is 14.9 Å². The molecular weight excluding hydrogens is 246 g/mol. The highest BCUT2D eigenvalue weighted by Gasteiger charge is 2.24. The molecule has 0 saturated carbocycles. The molecule has 0 aliphatic carbocycles. The van der Waals surface area contributed by atoms with Crippen molar-refractivity contribution in [2.24, 2.45) is 5.41 Å². The third-order valence-corrected chi connectivity index (χ3v) is 3.63. The van der Waals surface area contributed by atoms with Crippen LogP contribution in [0.3, 0.4) is 0 Å². The number of nitrogens with one attached hydrogen (secondary N) is 1. The molecule has 1 heterocycles. The molecule has 0 saturated heterocycles. The molecule has 20 heavy (non-hydrogen) atoms. The predicted molar refractivity (Wildman–Crippen MR) is 83.5 cm³/mol. The summed E-state index contributed by atoms with van der Waals surface area (Å²) in [5.74, 6) is 0. The molecule has 1 aromatic heterocycles. The number of aromatic nitrogens is 2. The smallest absolute Gasteiger partial charge is 0.0946 e. The monoisotopic (exact) mass is 271 g/mol. The fourth-order valence-corrected chi connectivity index (χ4v) is 2.31. The van der Waals surface area contributed by atoms with Crippen LogP contribution in [0.1, 0.15) is 31.9 Å². The second-order valence-electron chi connectivity index (χ2n) is 6.55. The molecular formula is C17H25N3. The van der Waals surface area contributed by atoms with Crippen molar-refractivity contribution < 1.29 is 0 Å². The van der Waals surface area contributed by atoms with E-state index in [1.54, 1.807) is 0 Å². The standard InChI is InChI=1S/C17H25N3/c1-14-6-5-7-15(10-14)11-19-16(17(2,3)4)12-20-9-8-18-13-20/h5-10,13,16,19H,11-12H2,1-4H3. The summed E-state index contributed by atoms with van der Waals surface area (Å²) in [5.41, 5.74) is 2.85. The lowest BCUT2D eigenvalue weighted by molar-refractivity contribution is 0.240. The lowest BCUT2D eigenvalue weighted by Gasteiger charge is -2.32. The van der Waals surface area contributed by atoms with Crippen molar-refractivity contribution in [3.63, 3.8) is 0 Å². The van der Waals surface area contributed by atoms with E-state index in [0.29, 0.717) is 6.04 Å². The average Bonchev–Trinajstić information content (AvgIpc) is 2.86. The maximum atomic E-state index is 4.12. The van der Waals surface area contributed by atoms with Crippen molar-refractivity contribution in [3.05, 3.63) is 54.1 Å². The summed E-state index contributed by atoms with van der Waals surface area (Å²) in [6.07, 6.45) is 5.74. The minimum atomic E-state index is 0.202. The lowest BCUT2D eigenvalue weighted by atomic mass is 9.86. The van der Waals surface area contributed by atoms with Crippen LogP contribution in [-0.4, -0.2) is 15.6 Å². The van der Waals surface area contributed by atoms with E-state index in [0.717, 1.165) is 13.1 Å². The first kappa shape index (κ1) is 14.8. The average molecular weight is 271 g/mol. The number of nitrogens with zero attached hydrogens (tertiary/aromatic N) is 2. The van der Waals surface area contributed by atoms with Crippen LogP contribution in [0.4, 0.5) is 0 Å². The molecule has 1 N–H and O–H groups in total. The van der Waals surface area contributed by atoms with Crippen LogP contribution >= 0.6 is 0 Å². The molecule has 0 aliphatic rings. The Morgan fingerprint density at radius 2 is 2.10 bits per heavy atom. The molecule has 2 rings (SSSR count). The second-order valence-corrected chi connectivity index (χ2v) is 6.55. The quantitative estimate of drug-likeness (QED) is 0.903. The first-order chi connectivity index (χ1) is 9.45. The summed E-state index contributed by atoms with van der Waals surface area (Å²) in [6, 6.07) is 9.07. The van der Waals surface area contributed by atoms with Gasteiger partial charge in [0, 0.05) is 31.5 Å². The predicted octanol–water partition coefficient (Wildman–Crippen LogP) is 3.40. The molecule has 3 nitrogen and oxygen atoms in total. The maximum Gasteiger partial charge on any atom is 0.0946 e. The number of rotatable bonds is 5. The van der Waals surface area contributed by atoms with Crippen LogP contribution in [-0.2, 0) is 13.1 Å². The van der Waals surface area contributed by atoms with Gasteiger partial charge in [0.25, 0.3) is 0 Å². The molecule has 108 valence electrons. The van der Waals surface area contributed by atoms with Gasteiger partial charge in [0.05, 0.1) is 6.33 Å². The zero-order valence-corrected chi connectivity index (χ0v) is 12.9. The molecule has 0 amide bonds. The van der Waals surface area contributed by atoms with Gasteiger partial charge in [0.15, 0.2) is 0 Å². The Bertz CT molecular complexity index is 523. The minimum Gasteiger partial charge on any atom is -0.336 e. The number of hydrogen-bond acceptors (Lipinski definition) is 2. The normalized spacial score (nSPS) is 13.4. The number of hydrogen-bond donors (Lipinski definition) is 1. The zero-order valence-electron chi connectivity index (χ0n) is 12.9. The van der Waals surface area contributed by atoms with Crippen molar-refractivity contribution >= 4 is 0 Å². The largest absolute Gasteiger partial charge is 0.336 e. The number of benzene rings is 1. The van der Waals surface area contributed by atoms with Crippen molar-refractivity contribution in [3.8, 4) is 0 Å². The Kier molecular flexibility index (Phi) is 4.61. The Morgan fingerprint density at radius 1 is 1.30 bits per heavy atom. The van der Waals surface area contributed by atoms with Crippen LogP contribution in [0.2, 0.25) is 0 Å². The Balaban J connectivity index is 2.01. The van der Waals surface area contributed by atoms with E-state index in [9.17, 15) is 0 Å². The summed E-state index contributed by atoms with van der Waals surface area (Å²) < 4.78 is 2.14. The molecule has 0 fully saturated rings. The molecule has 1 unspecified atom stereocenters. The van der Waals surface area contributed by atoms with Gasteiger partial charge in [-0.15, -0.1) is 0 Å². The highest BCUT2D eigenvalue weighted by Crippen LogP contribution is 2.21. The van der Waals surface area contributed by atoms with Gasteiger partial charge in [-0.1, -0.05) is 50.6 Å². The van der Waals surface area contributed by atoms with E-state index in [1.807, 2.05) is 18.7 Å². The maximum absolute atomic E-state index is 4.12. The van der Waals surface area contributed by atoms with Gasteiger partial charge < -0.3 is 9.88 Å². The van der Waals surface area contributed by atoms with Crippen molar-refractivity contribution in [1.29, 1.82) is 0 Å². The molecule has 3 heteroatoms. The second kappa shape index (κ2) is 6.23. The summed E-state index contributed by atoms with van der Waals surface area (Å²) in [7, 11) is 0. The number of aryl methyl sites for hydroxylation is 1. The Morgan fingerprint density at radius 3 is 2.70 bits per heavy atom. The van der Waals surface area contributed by atoms with E-state index in [1.165, 1.54) is 11.1 Å². The Labute approximate surface area is 122 Å². The van der Waals surface area contributed by atoms with Crippen LogP contribution in [0, 0.1) is 12.3 Å². The summed E-state index contributed by atoms with van der Waals surface area (Å²) >= 11 is 0. The van der Waals surface area contributed by atoms with Gasteiger partial charge in [-0.05, 0) is 17.9 Å². The van der Waals surface area contributed by atoms with Crippen LogP contribution in [0.5, 0.6) is 0 Å². The molecule has 1 atom stereocenters. The van der Waals surface area contributed by atoms with E-state index < -0.39 is 0 Å². The molecule has 2 aromatic rings. The van der Waals surface area contributed by atoms with Crippen LogP contribution in [0.15, 0.2) is 43.0 Å². The lowest BCUT2D eigenvalue weighted by Crippen LogP contribution is -2.42. The molecule has 0 bridgehead atoms. The zero-order chi connectivity index (χ0) is 14.6. The summed E-state index contributed by atoms with van der Waals surface area (Å²) in [4.78, 5) is 4.12. The molecule has 1 aromatic carbocycles. The molecule has 0 radical (unpaired) electrons. The van der Waals surface area contributed by atoms with E-state index in [-0.39, 0.29) is 5.41 Å². The fraction of sp³-hybridized carbons (Fsp3) is 0.471. The van der Waals surface area contributed by atoms with Gasteiger partial charge in [-0.25, -0.2) is 4.98 Å². The first-order valence-electron chi connectivity index (χ1n) is 7.20. The minimum absolute atomic E-state index is 0.202. The van der Waals surface area contributed by atoms with E-state index in [2.05, 4.69) is 66.8 Å². The topological polar surface area (TPSA) is 29.9 Å². The van der Waals surface area contributed by atoms with Gasteiger partial charge in [-0.3, -0.25) is 0 Å². The fourth-order valence-electron chi connectivity index (χ4n) is 2.31. The molecule has 0 aliphatic heterocycles. The first-order valence-corrected chi connectivity index (χ1v) is 7.20. The SMILES string of the molecule is Cc1cccc(CNC(Cn2ccnc2)C(C)(C)C)c1. The van der Waals surface area contributed by atoms with Gasteiger partial charge in [0.2, 0.25) is 0 Å². The highest BCUT2D eigenvalue weighted by molar-refractivity contribution is 5.22. The van der Waals surface area contributed by atoms with Crippen LogP contribution in [0.25, 0.3) is 0 Å². The van der Waals surface area contributed by atoms with Crippen molar-refractivity contribution in [2.45, 2.75) is 46.8 Å².